The third-order valence-corrected chi connectivity index (χ3v) is 3.33. The number of carbonyl (C=O) groups is 1. The topological polar surface area (TPSA) is 32.3 Å². The lowest BCUT2D eigenvalue weighted by Crippen LogP contribution is -2.46. The van der Waals surface area contributed by atoms with E-state index in [0.717, 1.165) is 13.1 Å². The molecule has 17 heavy (non-hydrogen) atoms. The summed E-state index contributed by atoms with van der Waals surface area (Å²) in [5, 5.41) is 2.39. The number of halogens is 3. The number of carbonyl (C=O) groups excluding carboxylic acids is 1. The Bertz CT molecular complexity index is 270. The van der Waals surface area contributed by atoms with Crippen molar-refractivity contribution < 1.29 is 18.0 Å². The molecule has 0 aromatic carbocycles. The molecule has 0 atom stereocenters. The van der Waals surface area contributed by atoms with Crippen LogP contribution in [0.25, 0.3) is 0 Å². The van der Waals surface area contributed by atoms with Gasteiger partial charge < -0.3 is 10.2 Å². The van der Waals surface area contributed by atoms with Crippen molar-refractivity contribution in [1.82, 2.24) is 10.2 Å². The molecule has 0 unspecified atom stereocenters. The van der Waals surface area contributed by atoms with Crippen molar-refractivity contribution in [3.05, 3.63) is 0 Å². The van der Waals surface area contributed by atoms with Crippen LogP contribution in [-0.2, 0) is 4.79 Å². The second kappa shape index (κ2) is 5.25. The number of piperidine rings is 1. The molecule has 0 aromatic heterocycles. The highest BCUT2D eigenvalue weighted by Crippen LogP contribution is 2.30. The first kappa shape index (κ1) is 14.3. The molecule has 3 nitrogen and oxygen atoms in total. The number of rotatable bonds is 3. The van der Waals surface area contributed by atoms with Gasteiger partial charge in [0.2, 0.25) is 5.91 Å². The number of hydrogen-bond donors (Lipinski definition) is 1. The van der Waals surface area contributed by atoms with Crippen molar-refractivity contribution in [2.45, 2.75) is 32.4 Å². The van der Waals surface area contributed by atoms with Crippen molar-refractivity contribution in [1.29, 1.82) is 0 Å². The highest BCUT2D eigenvalue weighted by atomic mass is 19.4. The molecule has 1 amide bonds. The number of nitrogens with zero attached hydrogens (tertiary/aromatic N) is 1. The van der Waals surface area contributed by atoms with Crippen molar-refractivity contribution in [3.8, 4) is 0 Å². The zero-order valence-corrected chi connectivity index (χ0v) is 10.2. The average Bonchev–Trinajstić information content (AvgIpc) is 2.21. The van der Waals surface area contributed by atoms with E-state index in [1.165, 1.54) is 0 Å². The lowest BCUT2D eigenvalue weighted by Gasteiger charge is -2.36. The van der Waals surface area contributed by atoms with E-state index < -0.39 is 18.0 Å². The van der Waals surface area contributed by atoms with Crippen molar-refractivity contribution in [2.24, 2.45) is 5.41 Å². The Labute approximate surface area is 99.4 Å². The van der Waals surface area contributed by atoms with Crippen molar-refractivity contribution in [2.75, 3.05) is 26.7 Å². The zero-order chi connectivity index (χ0) is 13.1. The van der Waals surface area contributed by atoms with Crippen LogP contribution in [-0.4, -0.2) is 43.7 Å². The van der Waals surface area contributed by atoms with Crippen LogP contribution in [0.2, 0.25) is 0 Å². The van der Waals surface area contributed by atoms with Gasteiger partial charge in [0.05, 0.1) is 6.42 Å². The quantitative estimate of drug-likeness (QED) is 0.830. The van der Waals surface area contributed by atoms with E-state index >= 15 is 0 Å². The Hall–Kier alpha value is -0.780. The van der Waals surface area contributed by atoms with E-state index in [1.807, 2.05) is 14.0 Å². The van der Waals surface area contributed by atoms with Crippen LogP contribution in [0.3, 0.4) is 0 Å². The zero-order valence-electron chi connectivity index (χ0n) is 10.2. The number of nitrogens with one attached hydrogen (secondary N) is 1. The van der Waals surface area contributed by atoms with Crippen molar-refractivity contribution in [3.63, 3.8) is 0 Å². The fraction of sp³-hybridized carbons (Fsp3) is 0.909. The molecule has 1 saturated heterocycles. The van der Waals surface area contributed by atoms with Gasteiger partial charge in [-0.05, 0) is 33.0 Å². The lowest BCUT2D eigenvalue weighted by atomic mass is 9.79. The summed E-state index contributed by atoms with van der Waals surface area (Å²) in [6, 6.07) is 0. The van der Waals surface area contributed by atoms with Gasteiger partial charge in [-0.2, -0.15) is 13.2 Å². The number of hydrogen-bond acceptors (Lipinski definition) is 2. The molecule has 0 spiro atoms. The van der Waals surface area contributed by atoms with Crippen LogP contribution >= 0.6 is 0 Å². The van der Waals surface area contributed by atoms with E-state index in [2.05, 4.69) is 10.2 Å². The van der Waals surface area contributed by atoms with Gasteiger partial charge in [0.25, 0.3) is 0 Å². The maximum Gasteiger partial charge on any atom is 0.390 e. The Balaban J connectivity index is 2.37. The van der Waals surface area contributed by atoms with E-state index in [0.29, 0.717) is 12.8 Å². The Morgan fingerprint density at radius 2 is 1.88 bits per heavy atom. The predicted molar refractivity (Wildman–Crippen MR) is 58.5 cm³/mol. The van der Waals surface area contributed by atoms with Crippen LogP contribution in [0, 0.1) is 5.41 Å². The van der Waals surface area contributed by atoms with E-state index in [9.17, 15) is 18.0 Å². The summed E-state index contributed by atoms with van der Waals surface area (Å²) in [4.78, 5) is 13.9. The molecule has 1 fully saturated rings. The largest absolute Gasteiger partial charge is 0.390 e. The first-order valence-electron chi connectivity index (χ1n) is 5.76. The van der Waals surface area contributed by atoms with Gasteiger partial charge in [-0.25, -0.2) is 0 Å². The monoisotopic (exact) mass is 252 g/mol. The van der Waals surface area contributed by atoms with Gasteiger partial charge in [0.15, 0.2) is 0 Å². The van der Waals surface area contributed by atoms with Gasteiger partial charge in [0, 0.05) is 12.0 Å². The van der Waals surface area contributed by atoms with Gasteiger partial charge in [-0.1, -0.05) is 6.92 Å². The highest BCUT2D eigenvalue weighted by Gasteiger charge is 2.36. The minimum absolute atomic E-state index is 0.255. The molecule has 100 valence electrons. The van der Waals surface area contributed by atoms with Crippen LogP contribution in [0.15, 0.2) is 0 Å². The normalized spacial score (nSPS) is 21.2. The standard InChI is InChI=1S/C11H19F3N2O/c1-10(4-7-16(2)8-5-10)9(17)15-6-3-11(12,13)14/h3-8H2,1-2H3,(H,15,17). The van der Waals surface area contributed by atoms with E-state index in [1.54, 1.807) is 0 Å². The summed E-state index contributed by atoms with van der Waals surface area (Å²) in [7, 11) is 1.97. The number of alkyl halides is 3. The predicted octanol–water partition coefficient (Wildman–Crippen LogP) is 1.79. The summed E-state index contributed by atoms with van der Waals surface area (Å²) >= 11 is 0. The fourth-order valence-electron chi connectivity index (χ4n) is 1.87. The summed E-state index contributed by atoms with van der Waals surface area (Å²) in [6.07, 6.45) is -3.78. The Morgan fingerprint density at radius 1 is 1.35 bits per heavy atom. The minimum atomic E-state index is -4.21. The maximum absolute atomic E-state index is 11.9. The second-order valence-electron chi connectivity index (χ2n) is 4.99. The van der Waals surface area contributed by atoms with Gasteiger partial charge >= 0.3 is 6.18 Å². The smallest absolute Gasteiger partial charge is 0.355 e. The number of likely N-dealkylation sites (tertiary alicyclic amines) is 1. The molecule has 6 heteroatoms. The minimum Gasteiger partial charge on any atom is -0.355 e. The molecule has 0 bridgehead atoms. The molecule has 1 aliphatic heterocycles. The summed E-state index contributed by atoms with van der Waals surface area (Å²) < 4.78 is 35.8. The van der Waals surface area contributed by atoms with E-state index in [4.69, 9.17) is 0 Å². The van der Waals surface area contributed by atoms with Crippen molar-refractivity contribution >= 4 is 5.91 Å². The average molecular weight is 252 g/mol. The second-order valence-corrected chi connectivity index (χ2v) is 4.99. The highest BCUT2D eigenvalue weighted by molar-refractivity contribution is 5.82. The molecule has 0 radical (unpaired) electrons. The van der Waals surface area contributed by atoms with Crippen LogP contribution in [0.1, 0.15) is 26.2 Å². The molecular formula is C11H19F3N2O. The molecule has 0 saturated carbocycles. The lowest BCUT2D eigenvalue weighted by molar-refractivity contribution is -0.139. The summed E-state index contributed by atoms with van der Waals surface area (Å²) in [5.74, 6) is -0.255. The SMILES string of the molecule is CN1CCC(C)(C(=O)NCCC(F)(F)F)CC1. The van der Waals surface area contributed by atoms with Gasteiger partial charge in [0.1, 0.15) is 0 Å². The molecule has 0 aliphatic carbocycles. The number of amides is 1. The molecule has 1 heterocycles. The van der Waals surface area contributed by atoms with Crippen LogP contribution in [0.5, 0.6) is 0 Å². The Morgan fingerprint density at radius 3 is 2.35 bits per heavy atom. The Kier molecular flexibility index (Phi) is 4.41. The summed E-state index contributed by atoms with van der Waals surface area (Å²) in [5.41, 5.74) is -0.516. The molecule has 0 aromatic rings. The molecule has 1 N–H and O–H groups in total. The van der Waals surface area contributed by atoms with Gasteiger partial charge in [-0.15, -0.1) is 0 Å². The molecule has 1 aliphatic rings. The molecular weight excluding hydrogens is 233 g/mol. The first-order chi connectivity index (χ1) is 7.73. The van der Waals surface area contributed by atoms with Crippen LogP contribution in [0.4, 0.5) is 13.2 Å². The van der Waals surface area contributed by atoms with Crippen LogP contribution < -0.4 is 5.32 Å². The van der Waals surface area contributed by atoms with Gasteiger partial charge in [-0.3, -0.25) is 4.79 Å². The molecule has 1 rings (SSSR count). The van der Waals surface area contributed by atoms with E-state index in [-0.39, 0.29) is 12.5 Å². The third-order valence-electron chi connectivity index (χ3n) is 3.33. The first-order valence-corrected chi connectivity index (χ1v) is 5.76. The maximum atomic E-state index is 11.9. The summed E-state index contributed by atoms with van der Waals surface area (Å²) in [6.45, 7) is 3.11. The third kappa shape index (κ3) is 4.53. The fourth-order valence-corrected chi connectivity index (χ4v) is 1.87.